The van der Waals surface area contributed by atoms with Crippen molar-refractivity contribution in [3.05, 3.63) is 75.0 Å². The Morgan fingerprint density at radius 3 is 2.42 bits per heavy atom. The third-order valence-electron chi connectivity index (χ3n) is 3.42. The predicted octanol–water partition coefficient (Wildman–Crippen LogP) is 7.26. The summed E-state index contributed by atoms with van der Waals surface area (Å²) in [6.45, 7) is 5.16. The van der Waals surface area contributed by atoms with Gasteiger partial charge in [-0.25, -0.2) is 0 Å². The van der Waals surface area contributed by atoms with Gasteiger partial charge in [0.15, 0.2) is 0 Å². The molecule has 0 saturated heterocycles. The molecule has 7 heteroatoms. The highest BCUT2D eigenvalue weighted by Gasteiger charge is 2.32. The zero-order valence-corrected chi connectivity index (χ0v) is 16.0. The van der Waals surface area contributed by atoms with Gasteiger partial charge in [-0.3, -0.25) is 0 Å². The molecule has 0 atom stereocenters. The summed E-state index contributed by atoms with van der Waals surface area (Å²) in [6, 6.07) is 1.12. The van der Waals surface area contributed by atoms with E-state index in [1.54, 1.807) is 6.08 Å². The molecule has 0 amide bonds. The van der Waals surface area contributed by atoms with Crippen molar-refractivity contribution in [2.75, 3.05) is 0 Å². The van der Waals surface area contributed by atoms with Gasteiger partial charge >= 0.3 is 6.36 Å². The summed E-state index contributed by atoms with van der Waals surface area (Å²) in [5.41, 5.74) is 2.50. The Balaban J connectivity index is 2.98. The molecule has 2 nitrogen and oxygen atoms in total. The summed E-state index contributed by atoms with van der Waals surface area (Å²) in [5, 5.41) is 8.91. The Kier molecular flexibility index (Phi) is 8.31. The molecule has 142 valence electrons. The molecule has 0 bridgehead atoms. The van der Waals surface area contributed by atoms with Crippen molar-refractivity contribution < 1.29 is 23.0 Å². The van der Waals surface area contributed by atoms with Gasteiger partial charge in [-0.05, 0) is 50.5 Å². The van der Waals surface area contributed by atoms with E-state index in [0.717, 1.165) is 23.5 Å². The minimum absolute atomic E-state index is 0.108. The first-order valence-corrected chi connectivity index (χ1v) is 8.36. The molecule has 0 fully saturated rings. The van der Waals surface area contributed by atoms with Crippen LogP contribution in [0.15, 0.2) is 53.9 Å². The molecule has 0 saturated carbocycles. The van der Waals surface area contributed by atoms with Gasteiger partial charge in [-0.2, -0.15) is 0 Å². The predicted molar refractivity (Wildman–Crippen MR) is 100 cm³/mol. The molecule has 0 aromatic heterocycles. The molecule has 26 heavy (non-hydrogen) atoms. The van der Waals surface area contributed by atoms with E-state index < -0.39 is 12.1 Å². The van der Waals surface area contributed by atoms with E-state index in [1.807, 2.05) is 38.2 Å². The summed E-state index contributed by atoms with van der Waals surface area (Å²) in [6.07, 6.45) is 5.41. The Morgan fingerprint density at radius 1 is 1.19 bits per heavy atom. The van der Waals surface area contributed by atoms with E-state index >= 15 is 0 Å². The summed E-state index contributed by atoms with van der Waals surface area (Å²) in [5.74, 6) is -0.408. The topological polar surface area (TPSA) is 29.5 Å². The summed E-state index contributed by atoms with van der Waals surface area (Å²) < 4.78 is 41.2. The number of aliphatic hydroxyl groups is 1. The minimum Gasteiger partial charge on any atom is -0.516 e. The molecule has 1 aromatic carbocycles. The number of alkyl halides is 3. The maximum absolute atomic E-state index is 12.4. The number of hydrogen-bond donors (Lipinski definition) is 1. The van der Waals surface area contributed by atoms with Gasteiger partial charge in [-0.1, -0.05) is 53.1 Å². The SMILES string of the molecule is CC(C=CO)=CC=CC(C)=CCc1c(Cl)cc(OC(F)(F)F)c(C)c1Cl. The largest absolute Gasteiger partial charge is 0.573 e. The van der Waals surface area contributed by atoms with Crippen molar-refractivity contribution >= 4 is 23.2 Å². The lowest BCUT2D eigenvalue weighted by atomic mass is 10.1. The van der Waals surface area contributed by atoms with E-state index in [0.29, 0.717) is 12.0 Å². The van der Waals surface area contributed by atoms with Gasteiger partial charge in [-0.15, -0.1) is 13.2 Å². The van der Waals surface area contributed by atoms with Crippen molar-refractivity contribution in [2.45, 2.75) is 33.6 Å². The van der Waals surface area contributed by atoms with Crippen LogP contribution in [0.25, 0.3) is 0 Å². The van der Waals surface area contributed by atoms with Crippen LogP contribution < -0.4 is 4.74 Å². The monoisotopic (exact) mass is 406 g/mol. The van der Waals surface area contributed by atoms with Crippen LogP contribution in [0, 0.1) is 6.92 Å². The first kappa shape index (κ1) is 22.2. The van der Waals surface area contributed by atoms with Crippen molar-refractivity contribution in [2.24, 2.45) is 0 Å². The molecule has 0 heterocycles. The quantitative estimate of drug-likeness (QED) is 0.397. The molecule has 1 rings (SSSR count). The molecule has 0 spiro atoms. The Bertz CT molecular complexity index is 761. The molecule has 0 radical (unpaired) electrons. The average Bonchev–Trinajstić information content (AvgIpc) is 2.51. The number of hydrogen-bond acceptors (Lipinski definition) is 2. The standard InChI is InChI=1S/C19H19Cl2F3O2/c1-12(5-4-6-13(2)9-10-25)7-8-15-16(20)11-17(14(3)18(15)21)26-19(22,23)24/h4-7,9-11,25H,8H2,1-3H3. The molecule has 0 aliphatic heterocycles. The second-order valence-corrected chi connectivity index (χ2v) is 6.34. The summed E-state index contributed by atoms with van der Waals surface area (Å²) in [4.78, 5) is 0. The van der Waals surface area contributed by atoms with Crippen molar-refractivity contribution in [3.63, 3.8) is 0 Å². The first-order valence-electron chi connectivity index (χ1n) is 7.61. The van der Waals surface area contributed by atoms with Crippen LogP contribution >= 0.6 is 23.2 Å². The minimum atomic E-state index is -4.81. The lowest BCUT2D eigenvalue weighted by molar-refractivity contribution is -0.274. The Hall–Kier alpha value is -1.85. The number of ether oxygens (including phenoxy) is 1. The highest BCUT2D eigenvalue weighted by Crippen LogP contribution is 2.37. The highest BCUT2D eigenvalue weighted by atomic mass is 35.5. The number of aliphatic hydroxyl groups excluding tert-OH is 1. The molecular formula is C19H19Cl2F3O2. The van der Waals surface area contributed by atoms with E-state index in [1.165, 1.54) is 6.92 Å². The lowest BCUT2D eigenvalue weighted by Gasteiger charge is -2.15. The summed E-state index contributed by atoms with van der Waals surface area (Å²) >= 11 is 12.3. The van der Waals surface area contributed by atoms with Crippen LogP contribution in [0.5, 0.6) is 5.75 Å². The van der Waals surface area contributed by atoms with Gasteiger partial charge in [0.2, 0.25) is 0 Å². The van der Waals surface area contributed by atoms with Gasteiger partial charge in [0, 0.05) is 10.6 Å². The second kappa shape index (κ2) is 9.74. The Labute approximate surface area is 160 Å². The van der Waals surface area contributed by atoms with Crippen LogP contribution in [0.4, 0.5) is 13.2 Å². The number of benzene rings is 1. The summed E-state index contributed by atoms with van der Waals surface area (Å²) in [7, 11) is 0. The van der Waals surface area contributed by atoms with Gasteiger partial charge < -0.3 is 9.84 Å². The molecule has 0 unspecified atom stereocenters. The van der Waals surface area contributed by atoms with Gasteiger partial charge in [0.05, 0.1) is 11.3 Å². The normalized spacial score (nSPS) is 13.8. The van der Waals surface area contributed by atoms with Gasteiger partial charge in [0.1, 0.15) is 5.75 Å². The van der Waals surface area contributed by atoms with E-state index in [-0.39, 0.29) is 15.6 Å². The highest BCUT2D eigenvalue weighted by molar-refractivity contribution is 6.36. The smallest absolute Gasteiger partial charge is 0.516 e. The van der Waals surface area contributed by atoms with Crippen LogP contribution in [0.1, 0.15) is 25.0 Å². The fourth-order valence-electron chi connectivity index (χ4n) is 2.02. The zero-order valence-electron chi connectivity index (χ0n) is 14.5. The maximum atomic E-state index is 12.4. The van der Waals surface area contributed by atoms with Crippen LogP contribution in [-0.4, -0.2) is 11.5 Å². The zero-order chi connectivity index (χ0) is 19.9. The number of rotatable bonds is 6. The van der Waals surface area contributed by atoms with Gasteiger partial charge in [0.25, 0.3) is 0 Å². The molecule has 0 aliphatic rings. The third kappa shape index (κ3) is 7.18. The van der Waals surface area contributed by atoms with Crippen LogP contribution in [0.3, 0.4) is 0 Å². The second-order valence-electron chi connectivity index (χ2n) is 5.56. The molecular weight excluding hydrogens is 388 g/mol. The molecule has 0 aliphatic carbocycles. The van der Waals surface area contributed by atoms with E-state index in [2.05, 4.69) is 4.74 Å². The lowest BCUT2D eigenvalue weighted by Crippen LogP contribution is -2.18. The van der Waals surface area contributed by atoms with E-state index in [9.17, 15) is 13.2 Å². The number of allylic oxidation sites excluding steroid dienone is 7. The molecule has 1 N–H and O–H groups in total. The first-order chi connectivity index (χ1) is 12.0. The average molecular weight is 407 g/mol. The maximum Gasteiger partial charge on any atom is 0.573 e. The van der Waals surface area contributed by atoms with Crippen molar-refractivity contribution in [1.29, 1.82) is 0 Å². The van der Waals surface area contributed by atoms with Crippen molar-refractivity contribution in [1.82, 2.24) is 0 Å². The van der Waals surface area contributed by atoms with E-state index in [4.69, 9.17) is 28.3 Å². The fraction of sp³-hybridized carbons (Fsp3) is 0.263. The third-order valence-corrected chi connectivity index (χ3v) is 4.27. The Morgan fingerprint density at radius 2 is 1.85 bits per heavy atom. The van der Waals surface area contributed by atoms with Crippen LogP contribution in [0.2, 0.25) is 10.0 Å². The number of halogens is 5. The molecule has 1 aromatic rings. The van der Waals surface area contributed by atoms with Crippen molar-refractivity contribution in [3.8, 4) is 5.75 Å². The van der Waals surface area contributed by atoms with Crippen LogP contribution in [-0.2, 0) is 6.42 Å². The fourth-order valence-corrected chi connectivity index (χ4v) is 2.61.